The van der Waals surface area contributed by atoms with Gasteiger partial charge in [-0.05, 0) is 42.8 Å². The molecule has 0 aliphatic rings. The summed E-state index contributed by atoms with van der Waals surface area (Å²) in [7, 11) is -4.80. The first kappa shape index (κ1) is 22.5. The van der Waals surface area contributed by atoms with Gasteiger partial charge in [-0.2, -0.15) is 34.8 Å². The maximum atomic E-state index is 12.9. The van der Waals surface area contributed by atoms with Gasteiger partial charge in [-0.1, -0.05) is 6.07 Å². The number of nitrogens with one attached hydrogen (secondary N) is 1. The van der Waals surface area contributed by atoms with Crippen molar-refractivity contribution >= 4 is 21.7 Å². The predicted molar refractivity (Wildman–Crippen MR) is 89.7 cm³/mol. The fraction of sp³-hybridized carbons (Fsp3) is 0.235. The van der Waals surface area contributed by atoms with Gasteiger partial charge in [0.05, 0.1) is 11.1 Å². The number of alkyl halides is 6. The monoisotopic (exact) mass is 441 g/mol. The van der Waals surface area contributed by atoms with Gasteiger partial charge in [-0.25, -0.2) is 0 Å². The van der Waals surface area contributed by atoms with Gasteiger partial charge in [0.1, 0.15) is 10.6 Å². The first-order valence-corrected chi connectivity index (χ1v) is 9.12. The predicted octanol–water partition coefficient (Wildman–Crippen LogP) is 4.76. The summed E-state index contributed by atoms with van der Waals surface area (Å²) in [5.74, 6) is -1.68. The summed E-state index contributed by atoms with van der Waals surface area (Å²) in [5.41, 5.74) is -2.89. The first-order valence-electron chi connectivity index (χ1n) is 7.72. The number of rotatable bonds is 4. The van der Waals surface area contributed by atoms with Crippen molar-refractivity contribution in [2.75, 3.05) is 5.32 Å². The number of hydrogen-bond donors (Lipinski definition) is 1. The zero-order valence-corrected chi connectivity index (χ0v) is 15.6. The molecule has 0 saturated carbocycles. The molecule has 0 aliphatic carbocycles. The molecule has 0 fully saturated rings. The van der Waals surface area contributed by atoms with Crippen LogP contribution in [0.1, 0.15) is 23.6 Å². The van der Waals surface area contributed by atoms with Crippen LogP contribution in [0.25, 0.3) is 0 Å². The third-order valence-corrected chi connectivity index (χ3v) is 4.82. The van der Waals surface area contributed by atoms with Crippen LogP contribution in [-0.4, -0.2) is 14.3 Å². The topological polar surface area (TPSA) is 72.5 Å². The second-order valence-corrected chi connectivity index (χ2v) is 7.48. The molecule has 158 valence electrons. The maximum Gasteiger partial charge on any atom is 0.416 e. The fourth-order valence-corrected chi connectivity index (χ4v) is 3.17. The van der Waals surface area contributed by atoms with Crippen molar-refractivity contribution in [3.05, 3.63) is 53.1 Å². The van der Waals surface area contributed by atoms with E-state index in [1.807, 2.05) is 0 Å². The van der Waals surface area contributed by atoms with Gasteiger partial charge in [0, 0.05) is 12.6 Å². The molecule has 0 aliphatic heterocycles. The molecule has 0 atom stereocenters. The quantitative estimate of drug-likeness (QED) is 0.549. The van der Waals surface area contributed by atoms with Crippen LogP contribution in [0, 0.1) is 6.92 Å². The zero-order valence-electron chi connectivity index (χ0n) is 14.8. The molecule has 0 radical (unpaired) electrons. The highest BCUT2D eigenvalue weighted by atomic mass is 32.2. The molecule has 12 heteroatoms. The molecule has 0 bridgehead atoms. The van der Waals surface area contributed by atoms with Crippen molar-refractivity contribution in [2.45, 2.75) is 31.1 Å². The lowest BCUT2D eigenvalue weighted by Gasteiger charge is -2.15. The second kappa shape index (κ2) is 7.58. The summed E-state index contributed by atoms with van der Waals surface area (Å²) < 4.78 is 107. The molecule has 2 rings (SSSR count). The Kier molecular flexibility index (Phi) is 5.89. The number of amides is 1. The van der Waals surface area contributed by atoms with Gasteiger partial charge in [0.2, 0.25) is 5.91 Å². The Hall–Kier alpha value is -2.76. The van der Waals surface area contributed by atoms with Crippen LogP contribution < -0.4 is 9.50 Å². The van der Waals surface area contributed by atoms with Gasteiger partial charge >= 0.3 is 22.5 Å². The number of carbonyl (C=O) groups is 1. The lowest BCUT2D eigenvalue weighted by atomic mass is 10.1. The zero-order chi connectivity index (χ0) is 22.2. The molecule has 0 saturated heterocycles. The third kappa shape index (κ3) is 5.62. The van der Waals surface area contributed by atoms with E-state index in [4.69, 9.17) is 0 Å². The summed E-state index contributed by atoms with van der Waals surface area (Å²) >= 11 is 0. The van der Waals surface area contributed by atoms with Crippen LogP contribution in [0.5, 0.6) is 5.75 Å². The number of hydrogen-bond acceptors (Lipinski definition) is 4. The van der Waals surface area contributed by atoms with E-state index in [-0.39, 0.29) is 23.9 Å². The molecule has 0 spiro atoms. The van der Waals surface area contributed by atoms with Crippen molar-refractivity contribution in [3.63, 3.8) is 0 Å². The highest BCUT2D eigenvalue weighted by Gasteiger charge is 2.37. The number of aryl methyl sites for hydroxylation is 1. The molecule has 0 aromatic heterocycles. The lowest BCUT2D eigenvalue weighted by Crippen LogP contribution is -2.15. The van der Waals surface area contributed by atoms with Crippen molar-refractivity contribution in [1.29, 1.82) is 0 Å². The van der Waals surface area contributed by atoms with Gasteiger partial charge in [-0.3, -0.25) is 4.79 Å². The molecule has 2 aromatic carbocycles. The minimum absolute atomic E-state index is 0.0854. The summed E-state index contributed by atoms with van der Waals surface area (Å²) in [6.07, 6.45) is -10.3. The van der Waals surface area contributed by atoms with E-state index in [1.54, 1.807) is 6.92 Å². The van der Waals surface area contributed by atoms with E-state index < -0.39 is 50.1 Å². The summed E-state index contributed by atoms with van der Waals surface area (Å²) in [6, 6.07) is 3.44. The molecular formula is C17H13F6NO4S. The average Bonchev–Trinajstić information content (AvgIpc) is 2.54. The molecule has 5 nitrogen and oxygen atoms in total. The third-order valence-electron chi connectivity index (χ3n) is 3.58. The van der Waals surface area contributed by atoms with Crippen LogP contribution in [0.3, 0.4) is 0 Å². The van der Waals surface area contributed by atoms with Gasteiger partial charge in [0.25, 0.3) is 0 Å². The van der Waals surface area contributed by atoms with E-state index in [9.17, 15) is 39.6 Å². The Morgan fingerprint density at radius 1 is 0.931 bits per heavy atom. The van der Waals surface area contributed by atoms with E-state index in [0.717, 1.165) is 12.1 Å². The summed E-state index contributed by atoms with van der Waals surface area (Å²) in [4.78, 5) is 10.6. The molecule has 1 N–H and O–H groups in total. The minimum atomic E-state index is -5.16. The van der Waals surface area contributed by atoms with Crippen LogP contribution in [-0.2, 0) is 27.3 Å². The molecular weight excluding hydrogens is 428 g/mol. The van der Waals surface area contributed by atoms with Crippen LogP contribution in [0.15, 0.2) is 41.3 Å². The maximum absolute atomic E-state index is 12.9. The minimum Gasteiger partial charge on any atom is -0.379 e. The Morgan fingerprint density at radius 2 is 1.45 bits per heavy atom. The summed E-state index contributed by atoms with van der Waals surface area (Å²) in [5, 5.41) is 2.35. The first-order chi connectivity index (χ1) is 13.1. The van der Waals surface area contributed by atoms with E-state index in [2.05, 4.69) is 9.50 Å². The van der Waals surface area contributed by atoms with Crippen molar-refractivity contribution in [1.82, 2.24) is 0 Å². The van der Waals surface area contributed by atoms with Gasteiger partial charge in [0.15, 0.2) is 0 Å². The largest absolute Gasteiger partial charge is 0.416 e. The normalized spacial score (nSPS) is 12.6. The van der Waals surface area contributed by atoms with E-state index in [0.29, 0.717) is 5.56 Å². The average molecular weight is 441 g/mol. The molecule has 29 heavy (non-hydrogen) atoms. The second-order valence-electron chi connectivity index (χ2n) is 5.94. The van der Waals surface area contributed by atoms with Crippen molar-refractivity contribution in [2.24, 2.45) is 0 Å². The Balaban J connectivity index is 2.51. The SMILES string of the molecule is CC(=O)Nc1cc(S(=O)(=O)Oc2cc(C(F)(F)F)cc(C(F)(F)F)c2)ccc1C. The van der Waals surface area contributed by atoms with Crippen LogP contribution >= 0.6 is 0 Å². The smallest absolute Gasteiger partial charge is 0.379 e. The van der Waals surface area contributed by atoms with Gasteiger partial charge in [-0.15, -0.1) is 0 Å². The fourth-order valence-electron chi connectivity index (χ4n) is 2.23. The van der Waals surface area contributed by atoms with Crippen molar-refractivity contribution < 1.29 is 43.7 Å². The standard InChI is InChI=1S/C17H13F6NO4S/c1-9-3-4-14(8-15(9)24-10(2)25)29(26,27)28-13-6-11(16(18,19)20)5-12(7-13)17(21,22)23/h3-8H,1-2H3,(H,24,25). The van der Waals surface area contributed by atoms with E-state index >= 15 is 0 Å². The number of halogens is 6. The molecule has 2 aromatic rings. The summed E-state index contributed by atoms with van der Waals surface area (Å²) in [6.45, 7) is 2.71. The number of carbonyl (C=O) groups excluding carboxylic acids is 1. The highest BCUT2D eigenvalue weighted by molar-refractivity contribution is 7.87. The van der Waals surface area contributed by atoms with Crippen molar-refractivity contribution in [3.8, 4) is 5.75 Å². The van der Waals surface area contributed by atoms with Crippen LogP contribution in [0.2, 0.25) is 0 Å². The Bertz CT molecular complexity index is 1010. The Morgan fingerprint density at radius 3 is 1.90 bits per heavy atom. The molecule has 0 unspecified atom stereocenters. The highest BCUT2D eigenvalue weighted by Crippen LogP contribution is 2.38. The Labute approximate surface area is 161 Å². The lowest BCUT2D eigenvalue weighted by molar-refractivity contribution is -0.143. The number of anilines is 1. The van der Waals surface area contributed by atoms with E-state index in [1.165, 1.54) is 13.0 Å². The number of benzene rings is 2. The molecule has 0 heterocycles. The van der Waals surface area contributed by atoms with Gasteiger partial charge < -0.3 is 9.50 Å². The molecule has 1 amide bonds. The van der Waals surface area contributed by atoms with Crippen LogP contribution in [0.4, 0.5) is 32.0 Å².